The zero-order chi connectivity index (χ0) is 33.2. The summed E-state index contributed by atoms with van der Waals surface area (Å²) in [6, 6.07) is 0. The summed E-state index contributed by atoms with van der Waals surface area (Å²) in [5, 5.41) is 0. The minimum Gasteiger partial charge on any atom is -0.462 e. The molecule has 0 radical (unpaired) electrons. The maximum absolute atomic E-state index is 12.0. The number of rotatable bonds is 32. The van der Waals surface area contributed by atoms with Crippen molar-refractivity contribution < 1.29 is 9.53 Å². The summed E-state index contributed by atoms with van der Waals surface area (Å²) in [5.41, 5.74) is 0.420. The number of unbranched alkanes of at least 4 members (excludes halogenated alkanes) is 18. The molecule has 0 heterocycles. The van der Waals surface area contributed by atoms with Crippen molar-refractivity contribution in [3.05, 3.63) is 48.6 Å². The first kappa shape index (κ1) is 42.5. The Morgan fingerprint density at radius 1 is 0.543 bits per heavy atom. The minimum atomic E-state index is -0.0109. The predicted octanol–water partition coefficient (Wildman–Crippen LogP) is 14.9. The summed E-state index contributed by atoms with van der Waals surface area (Å²) >= 11 is 0. The third kappa shape index (κ3) is 25.5. The van der Waals surface area contributed by atoms with Crippen LogP contribution >= 0.6 is 0 Å². The topological polar surface area (TPSA) is 26.3 Å². The molecule has 0 aromatic heterocycles. The van der Waals surface area contributed by atoms with Crippen LogP contribution in [-0.4, -0.2) is 12.1 Å². The zero-order valence-electron chi connectivity index (χ0n) is 31.2. The van der Waals surface area contributed by atoms with Crippen LogP contribution in [0.2, 0.25) is 0 Å². The summed E-state index contributed by atoms with van der Waals surface area (Å²) < 4.78 is 5.82. The average molecular weight is 639 g/mol. The Morgan fingerprint density at radius 3 is 1.35 bits per heavy atom. The summed E-state index contributed by atoms with van der Waals surface area (Å²) in [5.74, 6) is -0.0109. The molecule has 0 N–H and O–H groups in total. The summed E-state index contributed by atoms with van der Waals surface area (Å²) in [4.78, 5) is 12.0. The number of carbonyl (C=O) groups excluding carboxylic acids is 1. The van der Waals surface area contributed by atoms with Crippen molar-refractivity contribution in [2.45, 2.75) is 219 Å². The van der Waals surface area contributed by atoms with Crippen molar-refractivity contribution in [1.82, 2.24) is 0 Å². The van der Waals surface area contributed by atoms with Gasteiger partial charge in [-0.25, -0.2) is 0 Å². The fourth-order valence-corrected chi connectivity index (χ4v) is 7.08. The van der Waals surface area contributed by atoms with E-state index in [4.69, 9.17) is 4.74 Å². The van der Waals surface area contributed by atoms with E-state index in [2.05, 4.69) is 62.5 Å². The Labute approximate surface area is 288 Å². The van der Waals surface area contributed by atoms with E-state index in [0.29, 0.717) is 11.8 Å². The van der Waals surface area contributed by atoms with Gasteiger partial charge in [-0.2, -0.15) is 0 Å². The molecule has 46 heavy (non-hydrogen) atoms. The minimum absolute atomic E-state index is 0.0109. The molecular formula is C44H78O2. The zero-order valence-corrected chi connectivity index (χ0v) is 31.2. The quantitative estimate of drug-likeness (QED) is 0.0416. The van der Waals surface area contributed by atoms with Crippen molar-refractivity contribution >= 4 is 5.97 Å². The lowest BCUT2D eigenvalue weighted by atomic mass is 9.76. The van der Waals surface area contributed by atoms with E-state index in [-0.39, 0.29) is 12.1 Å². The van der Waals surface area contributed by atoms with Gasteiger partial charge in [-0.15, -0.1) is 0 Å². The van der Waals surface area contributed by atoms with Crippen LogP contribution in [0.5, 0.6) is 0 Å². The molecule has 0 bridgehead atoms. The van der Waals surface area contributed by atoms with Gasteiger partial charge in [0.25, 0.3) is 0 Å². The molecule has 0 aromatic carbocycles. The molecular weight excluding hydrogens is 560 g/mol. The van der Waals surface area contributed by atoms with Crippen molar-refractivity contribution in [2.75, 3.05) is 0 Å². The van der Waals surface area contributed by atoms with Crippen molar-refractivity contribution in [2.24, 2.45) is 5.41 Å². The number of hydrogen-bond donors (Lipinski definition) is 0. The van der Waals surface area contributed by atoms with E-state index >= 15 is 0 Å². The lowest BCUT2D eigenvalue weighted by Gasteiger charge is -2.30. The molecule has 0 spiro atoms. The van der Waals surface area contributed by atoms with Gasteiger partial charge < -0.3 is 4.74 Å². The Kier molecular flexibility index (Phi) is 29.5. The maximum Gasteiger partial charge on any atom is 0.305 e. The second kappa shape index (κ2) is 32.0. The maximum atomic E-state index is 12.0. The highest BCUT2D eigenvalue weighted by atomic mass is 16.5. The third-order valence-corrected chi connectivity index (χ3v) is 10.1. The van der Waals surface area contributed by atoms with Crippen molar-refractivity contribution in [3.8, 4) is 0 Å². The molecule has 0 aromatic rings. The van der Waals surface area contributed by atoms with Crippen LogP contribution < -0.4 is 0 Å². The smallest absolute Gasteiger partial charge is 0.305 e. The first-order chi connectivity index (χ1) is 22.7. The van der Waals surface area contributed by atoms with Gasteiger partial charge in [-0.1, -0.05) is 159 Å². The standard InChI is InChI=1S/C44H78O2/c1-4-7-9-11-13-15-17-19-21-23-25-27-29-31-33-35-38-44(40-37-42(41-44)46-43(45)6-3)39-36-34-32-30-28-26-24-22-20-18-16-14-12-10-8-5-2/h13-16,19-22,42H,4-12,17-18,23-41H2,1-3H3/b15-13-,16-14-,21-19-,22-20-. The lowest BCUT2D eigenvalue weighted by Crippen LogP contribution is -2.21. The van der Waals surface area contributed by atoms with Crippen LogP contribution in [0.15, 0.2) is 48.6 Å². The Hall–Kier alpha value is -1.57. The predicted molar refractivity (Wildman–Crippen MR) is 204 cm³/mol. The molecule has 266 valence electrons. The summed E-state index contributed by atoms with van der Waals surface area (Å²) in [7, 11) is 0. The van der Waals surface area contributed by atoms with Crippen LogP contribution in [0.3, 0.4) is 0 Å². The van der Waals surface area contributed by atoms with Gasteiger partial charge >= 0.3 is 5.97 Å². The number of esters is 1. The van der Waals surface area contributed by atoms with Gasteiger partial charge in [0, 0.05) is 6.42 Å². The largest absolute Gasteiger partial charge is 0.462 e. The van der Waals surface area contributed by atoms with Crippen LogP contribution in [0.4, 0.5) is 0 Å². The van der Waals surface area contributed by atoms with E-state index in [9.17, 15) is 4.79 Å². The average Bonchev–Trinajstić information content (AvgIpc) is 3.46. The van der Waals surface area contributed by atoms with Gasteiger partial charge in [-0.05, 0) is 102 Å². The highest BCUT2D eigenvalue weighted by Gasteiger charge is 2.39. The van der Waals surface area contributed by atoms with Crippen molar-refractivity contribution in [1.29, 1.82) is 0 Å². The van der Waals surface area contributed by atoms with E-state index in [0.717, 1.165) is 25.7 Å². The Balaban J connectivity index is 2.17. The lowest BCUT2D eigenvalue weighted by molar-refractivity contribution is -0.148. The first-order valence-electron chi connectivity index (χ1n) is 20.4. The van der Waals surface area contributed by atoms with Gasteiger partial charge in [-0.3, -0.25) is 4.79 Å². The SMILES string of the molecule is CCCCC/C=C\C/C=C\CCCCCCCCC1(CCCCCCCC/C=C\C/C=C\CCCCC)CCC(OC(=O)CC)C1. The van der Waals surface area contributed by atoms with Crippen LogP contribution in [0, 0.1) is 5.41 Å². The first-order valence-corrected chi connectivity index (χ1v) is 20.4. The molecule has 1 saturated carbocycles. The highest BCUT2D eigenvalue weighted by Crippen LogP contribution is 2.47. The number of carbonyl (C=O) groups is 1. The normalized spacial score (nSPS) is 16.6. The molecule has 1 atom stereocenters. The molecule has 2 heteroatoms. The number of allylic oxidation sites excluding steroid dienone is 8. The van der Waals surface area contributed by atoms with Gasteiger partial charge in [0.2, 0.25) is 0 Å². The second-order valence-corrected chi connectivity index (χ2v) is 14.4. The molecule has 1 aliphatic rings. The van der Waals surface area contributed by atoms with Gasteiger partial charge in [0.15, 0.2) is 0 Å². The second-order valence-electron chi connectivity index (χ2n) is 14.4. The molecule has 1 fully saturated rings. The van der Waals surface area contributed by atoms with Crippen LogP contribution in [-0.2, 0) is 9.53 Å². The van der Waals surface area contributed by atoms with E-state index < -0.39 is 0 Å². The number of ether oxygens (including phenoxy) is 1. The van der Waals surface area contributed by atoms with E-state index in [1.807, 2.05) is 6.92 Å². The van der Waals surface area contributed by atoms with Gasteiger partial charge in [0.05, 0.1) is 0 Å². The highest BCUT2D eigenvalue weighted by molar-refractivity contribution is 5.69. The molecule has 0 amide bonds. The fourth-order valence-electron chi connectivity index (χ4n) is 7.08. The fraction of sp³-hybridized carbons (Fsp3) is 0.795. The Morgan fingerprint density at radius 2 is 0.935 bits per heavy atom. The van der Waals surface area contributed by atoms with E-state index in [1.165, 1.54) is 161 Å². The molecule has 0 aliphatic heterocycles. The molecule has 1 rings (SSSR count). The monoisotopic (exact) mass is 639 g/mol. The van der Waals surface area contributed by atoms with E-state index in [1.54, 1.807) is 0 Å². The molecule has 1 aliphatic carbocycles. The Bertz CT molecular complexity index is 740. The van der Waals surface area contributed by atoms with Crippen LogP contribution in [0.1, 0.15) is 213 Å². The third-order valence-electron chi connectivity index (χ3n) is 10.1. The van der Waals surface area contributed by atoms with Gasteiger partial charge in [0.1, 0.15) is 6.10 Å². The number of hydrogen-bond acceptors (Lipinski definition) is 2. The molecule has 2 nitrogen and oxygen atoms in total. The summed E-state index contributed by atoms with van der Waals surface area (Å²) in [6.45, 7) is 6.45. The van der Waals surface area contributed by atoms with Crippen molar-refractivity contribution in [3.63, 3.8) is 0 Å². The summed E-state index contributed by atoms with van der Waals surface area (Å²) in [6.07, 6.45) is 57.1. The molecule has 1 unspecified atom stereocenters. The van der Waals surface area contributed by atoms with Crippen LogP contribution in [0.25, 0.3) is 0 Å². The molecule has 0 saturated heterocycles.